The number of nitriles is 1. The lowest BCUT2D eigenvalue weighted by atomic mass is 10.1. The molecule has 0 saturated carbocycles. The average molecular weight is 245 g/mol. The van der Waals surface area contributed by atoms with E-state index < -0.39 is 0 Å². The predicted molar refractivity (Wildman–Crippen MR) is 62.9 cm³/mol. The molecule has 1 aromatic heterocycles. The zero-order valence-corrected chi connectivity index (χ0v) is 10.1. The summed E-state index contributed by atoms with van der Waals surface area (Å²) in [6, 6.07) is 6.50. The van der Waals surface area contributed by atoms with E-state index in [2.05, 4.69) is 16.2 Å². The highest BCUT2D eigenvalue weighted by Gasteiger charge is 2.13. The minimum absolute atomic E-state index is 0.174. The largest absolute Gasteiger partial charge is 0.339 e. The van der Waals surface area contributed by atoms with Crippen LogP contribution in [0, 0.1) is 30.0 Å². The number of benzene rings is 1. The zero-order valence-electron chi connectivity index (χ0n) is 10.1. The minimum atomic E-state index is -0.293. The minimum Gasteiger partial charge on any atom is -0.339 e. The summed E-state index contributed by atoms with van der Waals surface area (Å²) in [6.45, 7) is 3.57. The van der Waals surface area contributed by atoms with Crippen molar-refractivity contribution in [3.05, 3.63) is 35.5 Å². The Hall–Kier alpha value is -2.22. The highest BCUT2D eigenvalue weighted by molar-refractivity contribution is 5.59. The van der Waals surface area contributed by atoms with E-state index in [-0.39, 0.29) is 11.7 Å². The summed E-state index contributed by atoms with van der Waals surface area (Å²) < 4.78 is 18.1. The number of aromatic nitrogens is 2. The molecule has 0 aliphatic rings. The van der Waals surface area contributed by atoms with E-state index in [9.17, 15) is 4.39 Å². The third-order valence-corrected chi connectivity index (χ3v) is 2.60. The maximum atomic E-state index is 13.0. The fourth-order valence-corrected chi connectivity index (χ4v) is 1.63. The summed E-state index contributed by atoms with van der Waals surface area (Å²) in [4.78, 5) is 4.21. The van der Waals surface area contributed by atoms with Gasteiger partial charge in [-0.2, -0.15) is 10.2 Å². The molecule has 2 aromatic rings. The zero-order chi connectivity index (χ0) is 13.1. The molecule has 0 aliphatic carbocycles. The summed E-state index contributed by atoms with van der Waals surface area (Å²) in [5.41, 5.74) is 1.48. The topological polar surface area (TPSA) is 62.7 Å². The quantitative estimate of drug-likeness (QED) is 0.834. The van der Waals surface area contributed by atoms with Gasteiger partial charge in [0.2, 0.25) is 11.7 Å². The Morgan fingerprint density at radius 1 is 1.50 bits per heavy atom. The Morgan fingerprint density at radius 3 is 2.94 bits per heavy atom. The molecule has 4 nitrogen and oxygen atoms in total. The third-order valence-electron chi connectivity index (χ3n) is 2.60. The van der Waals surface area contributed by atoms with Gasteiger partial charge in [0.05, 0.1) is 12.0 Å². The molecule has 1 unspecified atom stereocenters. The molecule has 0 bridgehead atoms. The van der Waals surface area contributed by atoms with Crippen molar-refractivity contribution in [3.63, 3.8) is 0 Å². The SMILES string of the molecule is Cc1cc(F)ccc1-c1noc(CC(C)C#N)n1. The van der Waals surface area contributed by atoms with Crippen LogP contribution >= 0.6 is 0 Å². The monoisotopic (exact) mass is 245 g/mol. The first-order valence-electron chi connectivity index (χ1n) is 5.59. The lowest BCUT2D eigenvalue weighted by Crippen LogP contribution is -1.96. The first-order chi connectivity index (χ1) is 8.60. The van der Waals surface area contributed by atoms with E-state index in [1.54, 1.807) is 19.9 Å². The second-order valence-electron chi connectivity index (χ2n) is 4.21. The Kier molecular flexibility index (Phi) is 3.38. The lowest BCUT2D eigenvalue weighted by molar-refractivity contribution is 0.369. The number of hydrogen-bond acceptors (Lipinski definition) is 4. The van der Waals surface area contributed by atoms with Gasteiger partial charge < -0.3 is 4.52 Å². The molecule has 5 heteroatoms. The van der Waals surface area contributed by atoms with Crippen molar-refractivity contribution in [1.82, 2.24) is 10.1 Å². The smallest absolute Gasteiger partial charge is 0.228 e. The molecule has 1 atom stereocenters. The van der Waals surface area contributed by atoms with E-state index in [1.807, 2.05) is 0 Å². The van der Waals surface area contributed by atoms with Gasteiger partial charge in [-0.25, -0.2) is 4.39 Å². The molecule has 0 radical (unpaired) electrons. The molecule has 0 fully saturated rings. The van der Waals surface area contributed by atoms with Crippen molar-refractivity contribution in [3.8, 4) is 17.5 Å². The molecule has 0 amide bonds. The van der Waals surface area contributed by atoms with Crippen molar-refractivity contribution >= 4 is 0 Å². The number of aryl methyl sites for hydroxylation is 1. The van der Waals surface area contributed by atoms with Crippen LogP contribution < -0.4 is 0 Å². The van der Waals surface area contributed by atoms with E-state index in [0.717, 1.165) is 11.1 Å². The van der Waals surface area contributed by atoms with Crippen LogP contribution in [-0.4, -0.2) is 10.1 Å². The second kappa shape index (κ2) is 4.96. The molecule has 0 saturated heterocycles. The third kappa shape index (κ3) is 2.54. The van der Waals surface area contributed by atoms with E-state index >= 15 is 0 Å². The van der Waals surface area contributed by atoms with Crippen molar-refractivity contribution in [1.29, 1.82) is 5.26 Å². The maximum Gasteiger partial charge on any atom is 0.228 e. The van der Waals surface area contributed by atoms with Crippen molar-refractivity contribution in [2.45, 2.75) is 20.3 Å². The summed E-state index contributed by atoms with van der Waals surface area (Å²) in [7, 11) is 0. The molecule has 1 heterocycles. The van der Waals surface area contributed by atoms with Crippen molar-refractivity contribution < 1.29 is 8.91 Å². The average Bonchev–Trinajstić information content (AvgIpc) is 2.77. The Balaban J connectivity index is 2.27. The van der Waals surface area contributed by atoms with Gasteiger partial charge in [0.1, 0.15) is 5.82 Å². The van der Waals surface area contributed by atoms with Gasteiger partial charge in [-0.05, 0) is 37.6 Å². The molecule has 0 N–H and O–H groups in total. The fraction of sp³-hybridized carbons (Fsp3) is 0.308. The Labute approximate surface area is 104 Å². The maximum absolute atomic E-state index is 13.0. The van der Waals surface area contributed by atoms with Gasteiger partial charge in [-0.3, -0.25) is 0 Å². The number of rotatable bonds is 3. The molecule has 18 heavy (non-hydrogen) atoms. The summed E-state index contributed by atoms with van der Waals surface area (Å²) in [6.07, 6.45) is 0.420. The Morgan fingerprint density at radius 2 is 2.28 bits per heavy atom. The number of halogens is 1. The highest BCUT2D eigenvalue weighted by Crippen LogP contribution is 2.21. The Bertz CT molecular complexity index is 601. The first-order valence-corrected chi connectivity index (χ1v) is 5.59. The molecular formula is C13H12FN3O. The lowest BCUT2D eigenvalue weighted by Gasteiger charge is -1.99. The van der Waals surface area contributed by atoms with Crippen LogP contribution in [0.1, 0.15) is 18.4 Å². The van der Waals surface area contributed by atoms with Crippen LogP contribution in [0.25, 0.3) is 11.4 Å². The van der Waals surface area contributed by atoms with E-state index in [0.29, 0.717) is 18.1 Å². The van der Waals surface area contributed by atoms with Gasteiger partial charge >= 0.3 is 0 Å². The van der Waals surface area contributed by atoms with E-state index in [4.69, 9.17) is 9.78 Å². The molecule has 1 aromatic carbocycles. The van der Waals surface area contributed by atoms with Crippen LogP contribution in [0.15, 0.2) is 22.7 Å². The standard InChI is InChI=1S/C13H12FN3O/c1-8(7-15)5-12-16-13(17-18-12)11-4-3-10(14)6-9(11)2/h3-4,6,8H,5H2,1-2H3. The number of nitrogens with zero attached hydrogens (tertiary/aromatic N) is 3. The van der Waals surface area contributed by atoms with E-state index in [1.165, 1.54) is 12.1 Å². The van der Waals surface area contributed by atoms with Crippen LogP contribution in [0.4, 0.5) is 4.39 Å². The molecule has 92 valence electrons. The highest BCUT2D eigenvalue weighted by atomic mass is 19.1. The molecule has 0 aliphatic heterocycles. The van der Waals surface area contributed by atoms with Crippen LogP contribution in [0.3, 0.4) is 0 Å². The summed E-state index contributed by atoms with van der Waals surface area (Å²) >= 11 is 0. The van der Waals surface area contributed by atoms with Crippen LogP contribution in [-0.2, 0) is 6.42 Å². The number of hydrogen-bond donors (Lipinski definition) is 0. The van der Waals surface area contributed by atoms with Gasteiger partial charge in [0.25, 0.3) is 0 Å². The summed E-state index contributed by atoms with van der Waals surface area (Å²) in [5, 5.41) is 12.6. The van der Waals surface area contributed by atoms with Gasteiger partial charge in [-0.1, -0.05) is 5.16 Å². The molecular weight excluding hydrogens is 233 g/mol. The van der Waals surface area contributed by atoms with Crippen molar-refractivity contribution in [2.75, 3.05) is 0 Å². The molecule has 2 rings (SSSR count). The second-order valence-corrected chi connectivity index (χ2v) is 4.21. The summed E-state index contributed by atoms with van der Waals surface area (Å²) in [5.74, 6) is 0.376. The first kappa shape index (κ1) is 12.2. The van der Waals surface area contributed by atoms with Crippen LogP contribution in [0.5, 0.6) is 0 Å². The fourth-order valence-electron chi connectivity index (χ4n) is 1.63. The molecule has 0 spiro atoms. The van der Waals surface area contributed by atoms with Gasteiger partial charge in [-0.15, -0.1) is 0 Å². The predicted octanol–water partition coefficient (Wildman–Crippen LogP) is 2.89. The normalized spacial score (nSPS) is 12.1. The van der Waals surface area contributed by atoms with Gasteiger partial charge in [0, 0.05) is 12.0 Å². The van der Waals surface area contributed by atoms with Crippen molar-refractivity contribution in [2.24, 2.45) is 5.92 Å². The van der Waals surface area contributed by atoms with Gasteiger partial charge in [0.15, 0.2) is 0 Å². The van der Waals surface area contributed by atoms with Crippen LogP contribution in [0.2, 0.25) is 0 Å².